The van der Waals surface area contributed by atoms with Crippen LogP contribution < -0.4 is 0 Å². The number of ether oxygens (including phenoxy) is 1. The highest BCUT2D eigenvalue weighted by atomic mass is 19.1. The summed E-state index contributed by atoms with van der Waals surface area (Å²) in [7, 11) is 1.75. The van der Waals surface area contributed by atoms with Crippen LogP contribution in [0.4, 0.5) is 8.78 Å². The summed E-state index contributed by atoms with van der Waals surface area (Å²) in [5.74, 6) is 6.64. The van der Waals surface area contributed by atoms with Gasteiger partial charge in [0.25, 0.3) is 0 Å². The molecule has 0 spiro atoms. The summed E-state index contributed by atoms with van der Waals surface area (Å²) in [6, 6.07) is 15.7. The summed E-state index contributed by atoms with van der Waals surface area (Å²) in [5, 5.41) is 1.74. The lowest BCUT2D eigenvalue weighted by atomic mass is 9.77. The normalized spacial score (nSPS) is 18.8. The Morgan fingerprint density at radius 1 is 0.867 bits per heavy atom. The molecule has 3 aromatic rings. The fourth-order valence-electron chi connectivity index (χ4n) is 4.39. The van der Waals surface area contributed by atoms with E-state index in [1.807, 2.05) is 24.3 Å². The van der Waals surface area contributed by atoms with Gasteiger partial charge in [-0.1, -0.05) is 30.0 Å². The van der Waals surface area contributed by atoms with Gasteiger partial charge in [0.1, 0.15) is 11.6 Å². The van der Waals surface area contributed by atoms with E-state index in [4.69, 9.17) is 4.74 Å². The van der Waals surface area contributed by atoms with E-state index < -0.39 is 0 Å². The van der Waals surface area contributed by atoms with Crippen LogP contribution in [0.25, 0.3) is 10.8 Å². The van der Waals surface area contributed by atoms with Gasteiger partial charge in [0.2, 0.25) is 0 Å². The number of benzene rings is 3. The van der Waals surface area contributed by atoms with Crippen LogP contribution in [-0.2, 0) is 4.74 Å². The maximum absolute atomic E-state index is 14.7. The van der Waals surface area contributed by atoms with E-state index in [1.54, 1.807) is 25.3 Å². The lowest BCUT2D eigenvalue weighted by molar-refractivity contribution is 0.163. The number of fused-ring (bicyclic) bond motifs is 1. The zero-order chi connectivity index (χ0) is 20.9. The lowest BCUT2D eigenvalue weighted by Gasteiger charge is -2.28. The molecule has 0 aliphatic heterocycles. The maximum atomic E-state index is 14.7. The highest BCUT2D eigenvalue weighted by Crippen LogP contribution is 2.37. The fraction of sp³-hybridized carbons (Fsp3) is 0.333. The minimum absolute atomic E-state index is 0.257. The van der Waals surface area contributed by atoms with Crippen LogP contribution >= 0.6 is 0 Å². The first-order valence-corrected chi connectivity index (χ1v) is 10.6. The zero-order valence-electron chi connectivity index (χ0n) is 17.3. The molecule has 0 amide bonds. The van der Waals surface area contributed by atoms with Crippen molar-refractivity contribution in [2.45, 2.75) is 38.0 Å². The van der Waals surface area contributed by atoms with Crippen molar-refractivity contribution in [3.63, 3.8) is 0 Å². The second-order valence-corrected chi connectivity index (χ2v) is 8.19. The van der Waals surface area contributed by atoms with Crippen LogP contribution in [0.1, 0.15) is 54.7 Å². The largest absolute Gasteiger partial charge is 0.385 e. The molecule has 1 saturated carbocycles. The molecule has 3 aromatic carbocycles. The van der Waals surface area contributed by atoms with Crippen LogP contribution in [0.2, 0.25) is 0 Å². The molecule has 4 rings (SSSR count). The fourth-order valence-corrected chi connectivity index (χ4v) is 4.39. The smallest absolute Gasteiger partial charge is 0.139 e. The monoisotopic (exact) mass is 404 g/mol. The molecular weight excluding hydrogens is 378 g/mol. The van der Waals surface area contributed by atoms with Gasteiger partial charge in [0, 0.05) is 19.3 Å². The second kappa shape index (κ2) is 9.41. The average molecular weight is 405 g/mol. The Balaban J connectivity index is 1.45. The van der Waals surface area contributed by atoms with Crippen LogP contribution in [0, 0.1) is 29.4 Å². The first kappa shape index (κ1) is 20.6. The van der Waals surface area contributed by atoms with E-state index in [0.717, 1.165) is 53.7 Å². The molecule has 1 fully saturated rings. The molecule has 1 nitrogen and oxygen atoms in total. The van der Waals surface area contributed by atoms with Crippen molar-refractivity contribution in [2.75, 3.05) is 13.7 Å². The minimum Gasteiger partial charge on any atom is -0.385 e. The molecule has 0 atom stereocenters. The first-order chi connectivity index (χ1) is 14.6. The molecule has 3 heteroatoms. The molecule has 1 aliphatic carbocycles. The van der Waals surface area contributed by atoms with Crippen molar-refractivity contribution >= 4 is 10.8 Å². The Hall–Kier alpha value is -2.70. The molecule has 0 aromatic heterocycles. The summed E-state index contributed by atoms with van der Waals surface area (Å²) >= 11 is 0. The number of hydrogen-bond acceptors (Lipinski definition) is 1. The van der Waals surface area contributed by atoms with Crippen LogP contribution in [-0.4, -0.2) is 13.7 Å². The van der Waals surface area contributed by atoms with Gasteiger partial charge in [-0.3, -0.25) is 0 Å². The van der Waals surface area contributed by atoms with Crippen molar-refractivity contribution in [3.05, 3.63) is 82.9 Å². The quantitative estimate of drug-likeness (QED) is 0.433. The number of halogens is 2. The van der Waals surface area contributed by atoms with E-state index in [0.29, 0.717) is 11.5 Å². The summed E-state index contributed by atoms with van der Waals surface area (Å²) < 4.78 is 33.2. The molecule has 0 radical (unpaired) electrons. The Labute approximate surface area is 177 Å². The molecule has 1 aliphatic rings. The number of rotatable bonds is 4. The Morgan fingerprint density at radius 2 is 1.63 bits per heavy atom. The van der Waals surface area contributed by atoms with Crippen LogP contribution in [0.15, 0.2) is 54.6 Å². The predicted octanol–water partition coefficient (Wildman–Crippen LogP) is 6.83. The van der Waals surface area contributed by atoms with E-state index >= 15 is 0 Å². The standard InChI is InChI=1S/C27H26F2O/c1-30-15-14-19-2-6-21(7-3-19)25-11-10-22(27(29)18-25)8-4-20-5-9-24-17-26(28)13-12-23(24)16-20/h5,9-13,16-19,21H,2-3,6-7,14-15H2,1H3. The van der Waals surface area contributed by atoms with Gasteiger partial charge in [0.15, 0.2) is 0 Å². The third kappa shape index (κ3) is 4.89. The molecule has 0 heterocycles. The van der Waals surface area contributed by atoms with Crippen molar-refractivity contribution in [1.29, 1.82) is 0 Å². The van der Waals surface area contributed by atoms with Crippen LogP contribution in [0.5, 0.6) is 0 Å². The average Bonchev–Trinajstić information content (AvgIpc) is 2.77. The van der Waals surface area contributed by atoms with Crippen molar-refractivity contribution in [2.24, 2.45) is 5.92 Å². The summed E-state index contributed by atoms with van der Waals surface area (Å²) in [4.78, 5) is 0. The molecule has 0 unspecified atom stereocenters. The van der Waals surface area contributed by atoms with Gasteiger partial charge in [-0.15, -0.1) is 0 Å². The number of hydrogen-bond donors (Lipinski definition) is 0. The van der Waals surface area contributed by atoms with Gasteiger partial charge >= 0.3 is 0 Å². The number of methoxy groups -OCH3 is 1. The summed E-state index contributed by atoms with van der Waals surface area (Å²) in [5.41, 5.74) is 2.27. The van der Waals surface area contributed by atoms with Gasteiger partial charge in [0.05, 0.1) is 5.56 Å². The summed E-state index contributed by atoms with van der Waals surface area (Å²) in [6.07, 6.45) is 5.70. The summed E-state index contributed by atoms with van der Waals surface area (Å²) in [6.45, 7) is 0.825. The zero-order valence-corrected chi connectivity index (χ0v) is 17.3. The van der Waals surface area contributed by atoms with E-state index in [2.05, 4.69) is 11.8 Å². The third-order valence-corrected chi connectivity index (χ3v) is 6.19. The maximum Gasteiger partial charge on any atom is 0.139 e. The highest BCUT2D eigenvalue weighted by molar-refractivity contribution is 5.83. The Bertz CT molecular complexity index is 1080. The Morgan fingerprint density at radius 3 is 2.40 bits per heavy atom. The van der Waals surface area contributed by atoms with Crippen molar-refractivity contribution in [3.8, 4) is 11.8 Å². The van der Waals surface area contributed by atoms with Crippen LogP contribution in [0.3, 0.4) is 0 Å². The van der Waals surface area contributed by atoms with Gasteiger partial charge in [-0.25, -0.2) is 8.78 Å². The topological polar surface area (TPSA) is 9.23 Å². The van der Waals surface area contributed by atoms with Crippen molar-refractivity contribution < 1.29 is 13.5 Å². The van der Waals surface area contributed by atoms with E-state index in [-0.39, 0.29) is 11.6 Å². The Kier molecular flexibility index (Phi) is 6.45. The minimum atomic E-state index is -0.260. The first-order valence-electron chi connectivity index (χ1n) is 10.6. The van der Waals surface area contributed by atoms with Gasteiger partial charge in [-0.2, -0.15) is 0 Å². The van der Waals surface area contributed by atoms with Gasteiger partial charge in [-0.05, 0) is 96.7 Å². The molecule has 0 saturated heterocycles. The van der Waals surface area contributed by atoms with Crippen molar-refractivity contribution in [1.82, 2.24) is 0 Å². The SMILES string of the molecule is COCCC1CCC(c2ccc(C#Cc3ccc4cc(F)ccc4c3)c(F)c2)CC1. The third-order valence-electron chi connectivity index (χ3n) is 6.19. The van der Waals surface area contributed by atoms with E-state index in [9.17, 15) is 8.78 Å². The molecule has 30 heavy (non-hydrogen) atoms. The molecule has 154 valence electrons. The highest BCUT2D eigenvalue weighted by Gasteiger charge is 2.22. The lowest BCUT2D eigenvalue weighted by Crippen LogP contribution is -2.15. The second-order valence-electron chi connectivity index (χ2n) is 8.19. The van der Waals surface area contributed by atoms with E-state index in [1.165, 1.54) is 25.0 Å². The molecule has 0 N–H and O–H groups in total. The molecule has 0 bridgehead atoms. The van der Waals surface area contributed by atoms with Gasteiger partial charge < -0.3 is 4.74 Å². The molecular formula is C27H26F2O. The predicted molar refractivity (Wildman–Crippen MR) is 117 cm³/mol.